The van der Waals surface area contributed by atoms with Gasteiger partial charge in [0.1, 0.15) is 16.9 Å². The average molecular weight is 336 g/mol. The van der Waals surface area contributed by atoms with Gasteiger partial charge in [-0.3, -0.25) is 15.0 Å². The number of hydrogen-bond acceptors (Lipinski definition) is 3. The van der Waals surface area contributed by atoms with Crippen molar-refractivity contribution in [2.45, 2.75) is 26.4 Å². The highest BCUT2D eigenvalue weighted by Crippen LogP contribution is 2.23. The molecule has 0 aliphatic carbocycles. The average Bonchev–Trinajstić information content (AvgIpc) is 2.84. The molecular formula is C20H20N2O3. The number of carbonyl (C=O) groups is 2. The van der Waals surface area contributed by atoms with Gasteiger partial charge in [-0.2, -0.15) is 0 Å². The van der Waals surface area contributed by atoms with Gasteiger partial charge in [0.2, 0.25) is 0 Å². The molecule has 1 N–H and O–H groups in total. The molecule has 1 fully saturated rings. The minimum atomic E-state index is -0.413. The van der Waals surface area contributed by atoms with Crippen molar-refractivity contribution in [3.8, 4) is 5.75 Å². The van der Waals surface area contributed by atoms with E-state index in [1.807, 2.05) is 63.2 Å². The lowest BCUT2D eigenvalue weighted by Gasteiger charge is -2.21. The number of hydrogen-bond donors (Lipinski definition) is 1. The van der Waals surface area contributed by atoms with E-state index in [2.05, 4.69) is 5.43 Å². The Morgan fingerprint density at radius 2 is 1.60 bits per heavy atom. The fourth-order valence-electron chi connectivity index (χ4n) is 2.47. The molecule has 1 aliphatic heterocycles. The predicted molar refractivity (Wildman–Crippen MR) is 96.9 cm³/mol. The summed E-state index contributed by atoms with van der Waals surface area (Å²) >= 11 is 0. The molecule has 25 heavy (non-hydrogen) atoms. The molecule has 2 amide bonds. The number of rotatable bonds is 3. The summed E-state index contributed by atoms with van der Waals surface area (Å²) in [6, 6.07) is 16.3. The van der Waals surface area contributed by atoms with E-state index in [4.69, 9.17) is 4.74 Å². The van der Waals surface area contributed by atoms with Crippen LogP contribution in [0.4, 0.5) is 5.69 Å². The lowest BCUT2D eigenvalue weighted by Crippen LogP contribution is -2.35. The number of ether oxygens (including phenoxy) is 1. The van der Waals surface area contributed by atoms with Crippen LogP contribution in [0, 0.1) is 0 Å². The van der Waals surface area contributed by atoms with E-state index in [9.17, 15) is 9.59 Å². The standard InChI is InChI=1S/C20H20N2O3/c1-20(2,3)25-16-11-9-14(10-12-16)13-17-18(23)21-22(19(17)24)15-7-5-4-6-8-15/h4-13H,1-3H3,(H,21,23)/b17-13-. The Balaban J connectivity index is 1.81. The second-order valence-electron chi connectivity index (χ2n) is 6.76. The first-order valence-corrected chi connectivity index (χ1v) is 8.05. The summed E-state index contributed by atoms with van der Waals surface area (Å²) < 4.78 is 5.77. The number of amides is 2. The normalized spacial score (nSPS) is 16.3. The topological polar surface area (TPSA) is 58.6 Å². The largest absolute Gasteiger partial charge is 0.488 e. The van der Waals surface area contributed by atoms with Crippen LogP contribution in [0.1, 0.15) is 26.3 Å². The fraction of sp³-hybridized carbons (Fsp3) is 0.200. The summed E-state index contributed by atoms with van der Waals surface area (Å²) in [7, 11) is 0. The third kappa shape index (κ3) is 3.88. The van der Waals surface area contributed by atoms with Crippen molar-refractivity contribution in [1.29, 1.82) is 0 Å². The lowest BCUT2D eigenvalue weighted by atomic mass is 10.1. The molecule has 0 radical (unpaired) electrons. The van der Waals surface area contributed by atoms with Gasteiger partial charge in [-0.15, -0.1) is 0 Å². The molecule has 0 bridgehead atoms. The van der Waals surface area contributed by atoms with E-state index in [1.165, 1.54) is 5.01 Å². The number of hydrazine groups is 1. The number of nitrogens with one attached hydrogen (secondary N) is 1. The molecule has 5 nitrogen and oxygen atoms in total. The van der Waals surface area contributed by atoms with E-state index in [-0.39, 0.29) is 17.1 Å². The van der Waals surface area contributed by atoms with E-state index >= 15 is 0 Å². The highest BCUT2D eigenvalue weighted by Gasteiger charge is 2.34. The van der Waals surface area contributed by atoms with Gasteiger partial charge in [0, 0.05) is 0 Å². The molecule has 2 aromatic rings. The molecule has 0 unspecified atom stereocenters. The van der Waals surface area contributed by atoms with Crippen molar-refractivity contribution in [2.75, 3.05) is 5.01 Å². The molecule has 0 spiro atoms. The summed E-state index contributed by atoms with van der Waals surface area (Å²) in [4.78, 5) is 24.7. The summed E-state index contributed by atoms with van der Waals surface area (Å²) in [6.07, 6.45) is 1.58. The highest BCUT2D eigenvalue weighted by atomic mass is 16.5. The maximum Gasteiger partial charge on any atom is 0.282 e. The second-order valence-corrected chi connectivity index (χ2v) is 6.76. The van der Waals surface area contributed by atoms with E-state index in [1.54, 1.807) is 18.2 Å². The lowest BCUT2D eigenvalue weighted by molar-refractivity contribution is -0.117. The Morgan fingerprint density at radius 1 is 0.960 bits per heavy atom. The number of nitrogens with zero attached hydrogens (tertiary/aromatic N) is 1. The maximum absolute atomic E-state index is 12.5. The van der Waals surface area contributed by atoms with Crippen LogP contribution in [0.15, 0.2) is 60.2 Å². The second kappa shape index (κ2) is 6.43. The summed E-state index contributed by atoms with van der Waals surface area (Å²) in [5, 5.41) is 1.26. The summed E-state index contributed by atoms with van der Waals surface area (Å²) in [5.74, 6) is -0.0437. The van der Waals surface area contributed by atoms with Gasteiger partial charge < -0.3 is 4.74 Å². The van der Waals surface area contributed by atoms with Gasteiger partial charge in [-0.05, 0) is 56.7 Å². The number of para-hydroxylation sites is 1. The van der Waals surface area contributed by atoms with Crippen LogP contribution in [0.5, 0.6) is 5.75 Å². The van der Waals surface area contributed by atoms with E-state index in [0.717, 1.165) is 11.3 Å². The van der Waals surface area contributed by atoms with Crippen molar-refractivity contribution in [1.82, 2.24) is 5.43 Å². The van der Waals surface area contributed by atoms with Crippen LogP contribution in [0.25, 0.3) is 6.08 Å². The van der Waals surface area contributed by atoms with Gasteiger partial charge in [-0.1, -0.05) is 30.3 Å². The zero-order chi connectivity index (χ0) is 18.0. The van der Waals surface area contributed by atoms with Gasteiger partial charge >= 0.3 is 0 Å². The third-order valence-corrected chi connectivity index (χ3v) is 3.52. The van der Waals surface area contributed by atoms with Crippen molar-refractivity contribution >= 4 is 23.6 Å². The molecule has 128 valence electrons. The predicted octanol–water partition coefficient (Wildman–Crippen LogP) is 3.33. The molecule has 0 atom stereocenters. The Hall–Kier alpha value is -3.08. The molecular weight excluding hydrogens is 316 g/mol. The zero-order valence-electron chi connectivity index (χ0n) is 14.4. The van der Waals surface area contributed by atoms with Gasteiger partial charge in [0.15, 0.2) is 0 Å². The summed E-state index contributed by atoms with van der Waals surface area (Å²) in [5.41, 5.74) is 3.79. The van der Waals surface area contributed by atoms with Crippen molar-refractivity contribution in [2.24, 2.45) is 0 Å². The monoisotopic (exact) mass is 336 g/mol. The van der Waals surface area contributed by atoms with Crippen molar-refractivity contribution in [3.63, 3.8) is 0 Å². The first-order valence-electron chi connectivity index (χ1n) is 8.05. The first kappa shape index (κ1) is 16.8. The number of carbonyl (C=O) groups excluding carboxylic acids is 2. The Morgan fingerprint density at radius 3 is 2.20 bits per heavy atom. The van der Waals surface area contributed by atoms with Crippen molar-refractivity contribution in [3.05, 3.63) is 65.7 Å². The van der Waals surface area contributed by atoms with Gasteiger partial charge in [-0.25, -0.2) is 5.01 Å². The maximum atomic E-state index is 12.5. The molecule has 2 aromatic carbocycles. The fourth-order valence-corrected chi connectivity index (χ4v) is 2.47. The minimum Gasteiger partial charge on any atom is -0.488 e. The molecule has 0 saturated carbocycles. The van der Waals surface area contributed by atoms with E-state index in [0.29, 0.717) is 5.69 Å². The number of benzene rings is 2. The Kier molecular flexibility index (Phi) is 4.31. The summed E-state index contributed by atoms with van der Waals surface area (Å²) in [6.45, 7) is 5.92. The van der Waals surface area contributed by atoms with Gasteiger partial charge in [0.25, 0.3) is 11.8 Å². The third-order valence-electron chi connectivity index (χ3n) is 3.52. The SMILES string of the molecule is CC(C)(C)Oc1ccc(/C=C2/C(=O)NN(c3ccccc3)C2=O)cc1. The Labute approximate surface area is 146 Å². The van der Waals surface area contributed by atoms with Crippen LogP contribution >= 0.6 is 0 Å². The molecule has 1 aliphatic rings. The van der Waals surface area contributed by atoms with Crippen molar-refractivity contribution < 1.29 is 14.3 Å². The number of anilines is 1. The molecule has 1 heterocycles. The molecule has 0 aromatic heterocycles. The smallest absolute Gasteiger partial charge is 0.282 e. The van der Waals surface area contributed by atoms with Crippen LogP contribution in [0.3, 0.4) is 0 Å². The minimum absolute atomic E-state index is 0.105. The van der Waals surface area contributed by atoms with Crippen LogP contribution in [-0.4, -0.2) is 17.4 Å². The van der Waals surface area contributed by atoms with Gasteiger partial charge in [0.05, 0.1) is 5.69 Å². The molecule has 3 rings (SSSR count). The van der Waals surface area contributed by atoms with E-state index < -0.39 is 5.91 Å². The van der Waals surface area contributed by atoms with Crippen LogP contribution in [0.2, 0.25) is 0 Å². The molecule has 1 saturated heterocycles. The van der Waals surface area contributed by atoms with Crippen LogP contribution < -0.4 is 15.2 Å². The first-order chi connectivity index (χ1) is 11.8. The zero-order valence-corrected chi connectivity index (χ0v) is 14.4. The highest BCUT2D eigenvalue weighted by molar-refractivity contribution is 6.31. The van der Waals surface area contributed by atoms with Crippen LogP contribution in [-0.2, 0) is 9.59 Å². The Bertz CT molecular complexity index is 818. The quantitative estimate of drug-likeness (QED) is 0.691. The molecule has 5 heteroatoms.